The van der Waals surface area contributed by atoms with Gasteiger partial charge in [0.15, 0.2) is 0 Å². The minimum atomic E-state index is -3.83. The van der Waals surface area contributed by atoms with Gasteiger partial charge in [0.1, 0.15) is 15.7 Å². The summed E-state index contributed by atoms with van der Waals surface area (Å²) in [6.45, 7) is 1.84. The number of nitrogens with one attached hydrogen (secondary N) is 1. The van der Waals surface area contributed by atoms with Gasteiger partial charge in [-0.2, -0.15) is 0 Å². The average Bonchev–Trinajstić information content (AvgIpc) is 2.37. The summed E-state index contributed by atoms with van der Waals surface area (Å²) in [5, 5.41) is 0.0421. The molecule has 0 radical (unpaired) electrons. The molecule has 0 spiro atoms. The smallest absolute Gasteiger partial charge is 0.264 e. The number of thiocarbonyl (C=S) groups is 1. The molecular formula is C13H12ClN3O2S2. The van der Waals surface area contributed by atoms with Gasteiger partial charge in [0.2, 0.25) is 0 Å². The zero-order valence-corrected chi connectivity index (χ0v) is 13.4. The number of hydrogen-bond acceptors (Lipinski definition) is 4. The first kappa shape index (κ1) is 15.7. The number of halogens is 1. The van der Waals surface area contributed by atoms with E-state index in [1.54, 1.807) is 12.1 Å². The van der Waals surface area contributed by atoms with E-state index >= 15 is 0 Å². The van der Waals surface area contributed by atoms with Gasteiger partial charge in [-0.15, -0.1) is 0 Å². The van der Waals surface area contributed by atoms with Crippen molar-refractivity contribution in [3.63, 3.8) is 0 Å². The fourth-order valence-corrected chi connectivity index (χ4v) is 3.33. The second-order valence-electron chi connectivity index (χ2n) is 4.33. The second kappa shape index (κ2) is 5.97. The van der Waals surface area contributed by atoms with E-state index < -0.39 is 10.0 Å². The summed E-state index contributed by atoms with van der Waals surface area (Å²) in [6.07, 6.45) is 1.52. The summed E-state index contributed by atoms with van der Waals surface area (Å²) in [5.41, 5.74) is 6.87. The van der Waals surface area contributed by atoms with Crippen molar-refractivity contribution < 1.29 is 8.42 Å². The van der Waals surface area contributed by atoms with Crippen LogP contribution in [0.4, 0.5) is 5.82 Å². The third kappa shape index (κ3) is 3.69. The third-order valence-corrected chi connectivity index (χ3v) is 4.73. The Kier molecular flexibility index (Phi) is 4.46. The van der Waals surface area contributed by atoms with Gasteiger partial charge in [-0.1, -0.05) is 29.9 Å². The van der Waals surface area contributed by atoms with Crippen LogP contribution in [0.15, 0.2) is 41.4 Å². The standard InChI is InChI=1S/C13H12ClN3O2S2/c1-8-4-5-16-12(6-8)17-21(18,19)11-3-2-9(13(15)20)7-10(11)14/h2-7H,1H3,(H2,15,20)(H,16,17). The van der Waals surface area contributed by atoms with Crippen LogP contribution in [0.1, 0.15) is 11.1 Å². The van der Waals surface area contributed by atoms with Crippen molar-refractivity contribution in [1.29, 1.82) is 0 Å². The van der Waals surface area contributed by atoms with E-state index in [1.807, 2.05) is 6.92 Å². The van der Waals surface area contributed by atoms with Crippen molar-refractivity contribution in [2.75, 3.05) is 4.72 Å². The minimum Gasteiger partial charge on any atom is -0.389 e. The molecule has 0 aliphatic heterocycles. The number of anilines is 1. The molecule has 0 aliphatic carbocycles. The summed E-state index contributed by atoms with van der Waals surface area (Å²) in [4.78, 5) is 4.04. The monoisotopic (exact) mass is 341 g/mol. The Labute approximate surface area is 133 Å². The molecule has 8 heteroatoms. The lowest BCUT2D eigenvalue weighted by Gasteiger charge is -2.10. The van der Waals surface area contributed by atoms with Crippen LogP contribution >= 0.6 is 23.8 Å². The Morgan fingerprint density at radius 1 is 1.33 bits per heavy atom. The molecule has 3 N–H and O–H groups in total. The molecule has 2 aromatic rings. The predicted molar refractivity (Wildman–Crippen MR) is 87.1 cm³/mol. The molecule has 1 heterocycles. The molecule has 0 unspecified atom stereocenters. The topological polar surface area (TPSA) is 85.1 Å². The van der Waals surface area contributed by atoms with Crippen LogP contribution in [-0.2, 0) is 10.0 Å². The van der Waals surface area contributed by atoms with Gasteiger partial charge in [0, 0.05) is 11.8 Å². The lowest BCUT2D eigenvalue weighted by Crippen LogP contribution is -2.15. The van der Waals surface area contributed by atoms with E-state index in [-0.39, 0.29) is 20.7 Å². The largest absolute Gasteiger partial charge is 0.389 e. The molecule has 0 atom stereocenters. The van der Waals surface area contributed by atoms with Crippen LogP contribution in [0.3, 0.4) is 0 Å². The molecule has 5 nitrogen and oxygen atoms in total. The molecule has 0 fully saturated rings. The zero-order valence-electron chi connectivity index (χ0n) is 11.0. The third-order valence-electron chi connectivity index (χ3n) is 2.66. The zero-order chi connectivity index (χ0) is 15.6. The van der Waals surface area contributed by atoms with E-state index in [0.29, 0.717) is 5.56 Å². The Balaban J connectivity index is 2.38. The maximum Gasteiger partial charge on any atom is 0.264 e. The summed E-state index contributed by atoms with van der Waals surface area (Å²) >= 11 is 10.8. The first-order valence-electron chi connectivity index (χ1n) is 5.84. The summed E-state index contributed by atoms with van der Waals surface area (Å²) in [6, 6.07) is 7.67. The highest BCUT2D eigenvalue weighted by atomic mass is 35.5. The van der Waals surface area contributed by atoms with Gasteiger partial charge < -0.3 is 5.73 Å². The van der Waals surface area contributed by atoms with Crippen molar-refractivity contribution in [2.24, 2.45) is 5.73 Å². The number of nitrogens with two attached hydrogens (primary N) is 1. The van der Waals surface area contributed by atoms with Gasteiger partial charge in [-0.3, -0.25) is 4.72 Å². The van der Waals surface area contributed by atoms with Crippen LogP contribution in [0.25, 0.3) is 0 Å². The molecule has 1 aromatic carbocycles. The van der Waals surface area contributed by atoms with Crippen LogP contribution in [0.5, 0.6) is 0 Å². The normalized spacial score (nSPS) is 11.1. The number of nitrogens with zero attached hydrogens (tertiary/aromatic N) is 1. The lowest BCUT2D eigenvalue weighted by molar-refractivity contribution is 0.601. The van der Waals surface area contributed by atoms with E-state index in [9.17, 15) is 8.42 Å². The number of aromatic nitrogens is 1. The molecule has 2 rings (SSSR count). The number of pyridine rings is 1. The number of sulfonamides is 1. The number of benzene rings is 1. The highest BCUT2D eigenvalue weighted by molar-refractivity contribution is 7.92. The van der Waals surface area contributed by atoms with Gasteiger partial charge in [-0.05, 0) is 36.8 Å². The summed E-state index contributed by atoms with van der Waals surface area (Å²) in [5.74, 6) is 0.226. The second-order valence-corrected chi connectivity index (χ2v) is 6.83. The average molecular weight is 342 g/mol. The molecule has 21 heavy (non-hydrogen) atoms. The van der Waals surface area contributed by atoms with Gasteiger partial charge in [-0.25, -0.2) is 13.4 Å². The quantitative estimate of drug-likeness (QED) is 0.834. The fourth-order valence-electron chi connectivity index (χ4n) is 1.66. The molecule has 0 bridgehead atoms. The molecule has 0 saturated carbocycles. The Bertz CT molecular complexity index is 807. The minimum absolute atomic E-state index is 0.0421. The van der Waals surface area contributed by atoms with Crippen molar-refractivity contribution in [3.05, 3.63) is 52.7 Å². The van der Waals surface area contributed by atoms with Gasteiger partial charge in [0.05, 0.1) is 5.02 Å². The van der Waals surface area contributed by atoms with E-state index in [2.05, 4.69) is 9.71 Å². The highest BCUT2D eigenvalue weighted by Gasteiger charge is 2.19. The Morgan fingerprint density at radius 3 is 2.62 bits per heavy atom. The van der Waals surface area contributed by atoms with Gasteiger partial charge in [0.25, 0.3) is 10.0 Å². The van der Waals surface area contributed by atoms with Crippen molar-refractivity contribution >= 4 is 44.6 Å². The molecule has 0 amide bonds. The first-order chi connectivity index (χ1) is 9.79. The highest BCUT2D eigenvalue weighted by Crippen LogP contribution is 2.24. The number of hydrogen-bond donors (Lipinski definition) is 2. The van der Waals surface area contributed by atoms with Crippen LogP contribution in [-0.4, -0.2) is 18.4 Å². The lowest BCUT2D eigenvalue weighted by atomic mass is 10.2. The summed E-state index contributed by atoms with van der Waals surface area (Å²) < 4.78 is 27.0. The molecule has 0 aliphatic rings. The number of rotatable bonds is 4. The maximum absolute atomic E-state index is 12.3. The predicted octanol–water partition coefficient (Wildman–Crippen LogP) is 2.48. The maximum atomic E-state index is 12.3. The summed E-state index contributed by atoms with van der Waals surface area (Å²) in [7, 11) is -3.83. The van der Waals surface area contributed by atoms with E-state index in [4.69, 9.17) is 29.6 Å². The number of aryl methyl sites for hydroxylation is 1. The van der Waals surface area contributed by atoms with E-state index in [0.717, 1.165) is 5.56 Å². The Morgan fingerprint density at radius 2 is 2.05 bits per heavy atom. The SMILES string of the molecule is Cc1ccnc(NS(=O)(=O)c2ccc(C(N)=S)cc2Cl)c1. The van der Waals surface area contributed by atoms with Crippen LogP contribution < -0.4 is 10.5 Å². The van der Waals surface area contributed by atoms with Crippen molar-refractivity contribution in [3.8, 4) is 0 Å². The van der Waals surface area contributed by atoms with Crippen LogP contribution in [0.2, 0.25) is 5.02 Å². The molecule has 0 saturated heterocycles. The van der Waals surface area contributed by atoms with Crippen molar-refractivity contribution in [2.45, 2.75) is 11.8 Å². The first-order valence-corrected chi connectivity index (χ1v) is 8.11. The molecule has 1 aromatic heterocycles. The van der Waals surface area contributed by atoms with Crippen LogP contribution in [0, 0.1) is 6.92 Å². The Hall–Kier alpha value is -1.70. The fraction of sp³-hybridized carbons (Fsp3) is 0.0769. The van der Waals surface area contributed by atoms with Gasteiger partial charge >= 0.3 is 0 Å². The van der Waals surface area contributed by atoms with Crippen molar-refractivity contribution in [1.82, 2.24) is 4.98 Å². The molecular weight excluding hydrogens is 330 g/mol. The van der Waals surface area contributed by atoms with E-state index in [1.165, 1.54) is 24.4 Å². The molecule has 110 valence electrons.